The lowest BCUT2D eigenvalue weighted by molar-refractivity contribution is 0.581. The van der Waals surface area contributed by atoms with Gasteiger partial charge in [0.05, 0.1) is 11.2 Å². The fraction of sp³-hybridized carbons (Fsp3) is 0.294. The van der Waals surface area contributed by atoms with Crippen molar-refractivity contribution in [2.75, 3.05) is 11.0 Å². The van der Waals surface area contributed by atoms with E-state index in [0.29, 0.717) is 11.3 Å². The molecule has 0 radical (unpaired) electrons. The smallest absolute Gasteiger partial charge is 0.240 e. The molecule has 0 unspecified atom stereocenters. The highest BCUT2D eigenvalue weighted by atomic mass is 32.2. The lowest BCUT2D eigenvalue weighted by atomic mass is 10.1. The van der Waals surface area contributed by atoms with Crippen molar-refractivity contribution in [3.05, 3.63) is 59.2 Å². The second-order valence-corrected chi connectivity index (χ2v) is 9.70. The quantitative estimate of drug-likeness (QED) is 0.802. The Kier molecular flexibility index (Phi) is 4.86. The number of rotatable bonds is 6. The van der Waals surface area contributed by atoms with Crippen molar-refractivity contribution in [2.45, 2.75) is 30.7 Å². The number of nitrogens with one attached hydrogen (secondary N) is 2. The van der Waals surface area contributed by atoms with Crippen LogP contribution in [0.2, 0.25) is 0 Å². The van der Waals surface area contributed by atoms with E-state index in [1.807, 2.05) is 6.07 Å². The van der Waals surface area contributed by atoms with E-state index in [9.17, 15) is 16.8 Å². The van der Waals surface area contributed by atoms with Crippen molar-refractivity contribution < 1.29 is 16.8 Å². The predicted molar refractivity (Wildman–Crippen MR) is 97.4 cm³/mol. The molecule has 2 aromatic carbocycles. The molecule has 0 atom stereocenters. The zero-order valence-electron chi connectivity index (χ0n) is 13.8. The molecule has 0 fully saturated rings. The lowest BCUT2D eigenvalue weighted by Crippen LogP contribution is -2.23. The molecular weight excluding hydrogens is 360 g/mol. The van der Waals surface area contributed by atoms with Gasteiger partial charge in [-0.15, -0.1) is 0 Å². The van der Waals surface area contributed by atoms with E-state index >= 15 is 0 Å². The molecule has 1 aliphatic rings. The van der Waals surface area contributed by atoms with E-state index < -0.39 is 20.0 Å². The molecule has 3 rings (SSSR count). The monoisotopic (exact) mass is 380 g/mol. The van der Waals surface area contributed by atoms with Crippen LogP contribution in [0.1, 0.15) is 23.1 Å². The van der Waals surface area contributed by atoms with E-state index in [-0.39, 0.29) is 11.4 Å². The number of hydrogen-bond acceptors (Lipinski definition) is 4. The van der Waals surface area contributed by atoms with Crippen LogP contribution in [0.4, 0.5) is 5.69 Å². The summed E-state index contributed by atoms with van der Waals surface area (Å²) in [5, 5.41) is 0. The molecule has 0 bridgehead atoms. The summed E-state index contributed by atoms with van der Waals surface area (Å²) in [7, 11) is -6.99. The molecule has 6 nitrogen and oxygen atoms in total. The molecule has 134 valence electrons. The first-order valence-electron chi connectivity index (χ1n) is 7.91. The fourth-order valence-corrected chi connectivity index (χ4v) is 4.56. The number of fused-ring (bicyclic) bond motifs is 1. The largest absolute Gasteiger partial charge is 0.284 e. The third-order valence-corrected chi connectivity index (χ3v) is 6.08. The van der Waals surface area contributed by atoms with Crippen molar-refractivity contribution in [2.24, 2.45) is 0 Å². The van der Waals surface area contributed by atoms with E-state index in [0.717, 1.165) is 31.1 Å². The van der Waals surface area contributed by atoms with Crippen LogP contribution in [0.3, 0.4) is 0 Å². The Morgan fingerprint density at radius 1 is 0.960 bits per heavy atom. The van der Waals surface area contributed by atoms with Crippen LogP contribution < -0.4 is 9.44 Å². The summed E-state index contributed by atoms with van der Waals surface area (Å²) in [5.41, 5.74) is 3.39. The third-order valence-electron chi connectivity index (χ3n) is 4.08. The van der Waals surface area contributed by atoms with Crippen LogP contribution >= 0.6 is 0 Å². The number of aryl methyl sites for hydroxylation is 2. The number of benzene rings is 2. The molecule has 2 aromatic rings. The van der Waals surface area contributed by atoms with Crippen LogP contribution in [0.25, 0.3) is 0 Å². The van der Waals surface area contributed by atoms with Gasteiger partial charge in [-0.25, -0.2) is 21.6 Å². The summed E-state index contributed by atoms with van der Waals surface area (Å²) in [4.78, 5) is 0.263. The van der Waals surface area contributed by atoms with E-state index in [4.69, 9.17) is 0 Å². The van der Waals surface area contributed by atoms with Gasteiger partial charge in [0, 0.05) is 12.2 Å². The first kappa shape index (κ1) is 17.9. The first-order chi connectivity index (χ1) is 11.7. The molecule has 0 spiro atoms. The fourth-order valence-electron chi connectivity index (χ4n) is 2.94. The van der Waals surface area contributed by atoms with Crippen LogP contribution in [-0.2, 0) is 39.4 Å². The number of hydrogen-bond donors (Lipinski definition) is 2. The molecule has 0 heterocycles. The Balaban J connectivity index is 1.73. The minimum absolute atomic E-state index is 0.0820. The van der Waals surface area contributed by atoms with Crippen molar-refractivity contribution in [1.29, 1.82) is 0 Å². The van der Waals surface area contributed by atoms with Gasteiger partial charge in [-0.1, -0.05) is 18.2 Å². The molecule has 2 N–H and O–H groups in total. The van der Waals surface area contributed by atoms with E-state index in [2.05, 4.69) is 9.44 Å². The summed E-state index contributed by atoms with van der Waals surface area (Å²) in [5.74, 6) is 0. The van der Waals surface area contributed by atoms with E-state index in [1.165, 1.54) is 5.56 Å². The predicted octanol–water partition coefficient (Wildman–Crippen LogP) is 2.03. The zero-order chi connectivity index (χ0) is 18.1. The normalized spacial score (nSPS) is 14.3. The Hall–Kier alpha value is -1.90. The summed E-state index contributed by atoms with van der Waals surface area (Å²) in [6, 6.07) is 11.9. The minimum atomic E-state index is -3.62. The average molecular weight is 380 g/mol. The summed E-state index contributed by atoms with van der Waals surface area (Å²) in [6.07, 6.45) is 4.05. The van der Waals surface area contributed by atoms with Crippen LogP contribution in [0.15, 0.2) is 47.4 Å². The lowest BCUT2D eigenvalue weighted by Gasteiger charge is -2.10. The van der Waals surface area contributed by atoms with Crippen LogP contribution in [0.5, 0.6) is 0 Å². The zero-order valence-corrected chi connectivity index (χ0v) is 15.5. The van der Waals surface area contributed by atoms with Crippen molar-refractivity contribution in [1.82, 2.24) is 4.72 Å². The topological polar surface area (TPSA) is 92.3 Å². The van der Waals surface area contributed by atoms with E-state index in [1.54, 1.807) is 36.4 Å². The number of sulfonamides is 2. The van der Waals surface area contributed by atoms with Crippen LogP contribution in [-0.4, -0.2) is 23.1 Å². The standard InChI is InChI=1S/C17H20N2O4S2/c1-24(20,21)19-16-7-2-4-13(10-16)12-18-25(22,23)17-9-8-14-5-3-6-15(14)11-17/h2,4,7-11,18-19H,3,5-6,12H2,1H3. The second-order valence-electron chi connectivity index (χ2n) is 6.18. The second kappa shape index (κ2) is 6.78. The molecule has 1 aliphatic carbocycles. The Labute approximate surface area is 148 Å². The van der Waals surface area contributed by atoms with Gasteiger partial charge >= 0.3 is 0 Å². The Morgan fingerprint density at radius 2 is 1.72 bits per heavy atom. The molecule has 0 amide bonds. The minimum Gasteiger partial charge on any atom is -0.284 e. The highest BCUT2D eigenvalue weighted by molar-refractivity contribution is 7.92. The molecule has 8 heteroatoms. The summed E-state index contributed by atoms with van der Waals surface area (Å²) >= 11 is 0. The van der Waals surface area contributed by atoms with Gasteiger partial charge in [-0.05, 0) is 60.2 Å². The molecule has 0 aromatic heterocycles. The third kappa shape index (κ3) is 4.59. The van der Waals surface area contributed by atoms with Crippen LogP contribution in [0, 0.1) is 0 Å². The first-order valence-corrected chi connectivity index (χ1v) is 11.3. The molecule has 0 saturated carbocycles. The Morgan fingerprint density at radius 3 is 2.48 bits per heavy atom. The average Bonchev–Trinajstić information content (AvgIpc) is 2.99. The number of anilines is 1. The highest BCUT2D eigenvalue weighted by Gasteiger charge is 2.18. The van der Waals surface area contributed by atoms with Gasteiger partial charge in [-0.3, -0.25) is 4.72 Å². The van der Waals surface area contributed by atoms with Gasteiger partial charge in [-0.2, -0.15) is 0 Å². The van der Waals surface area contributed by atoms with Crippen molar-refractivity contribution >= 4 is 25.7 Å². The maximum atomic E-state index is 12.5. The molecule has 0 saturated heterocycles. The molecular formula is C17H20N2O4S2. The molecule has 25 heavy (non-hydrogen) atoms. The molecule has 0 aliphatic heterocycles. The van der Waals surface area contributed by atoms with Crippen molar-refractivity contribution in [3.8, 4) is 0 Å². The van der Waals surface area contributed by atoms with Gasteiger partial charge in [0.25, 0.3) is 0 Å². The van der Waals surface area contributed by atoms with Gasteiger partial charge in [0.1, 0.15) is 0 Å². The highest BCUT2D eigenvalue weighted by Crippen LogP contribution is 2.24. The van der Waals surface area contributed by atoms with Gasteiger partial charge in [0.15, 0.2) is 0 Å². The Bertz CT molecular complexity index is 999. The maximum Gasteiger partial charge on any atom is 0.240 e. The SMILES string of the molecule is CS(=O)(=O)Nc1cccc(CNS(=O)(=O)c2ccc3c(c2)CCC3)c1. The van der Waals surface area contributed by atoms with Crippen molar-refractivity contribution in [3.63, 3.8) is 0 Å². The summed E-state index contributed by atoms with van der Waals surface area (Å²) in [6.45, 7) is 0.0820. The summed E-state index contributed by atoms with van der Waals surface area (Å²) < 4.78 is 52.5. The van der Waals surface area contributed by atoms with Gasteiger partial charge < -0.3 is 0 Å². The van der Waals surface area contributed by atoms with Gasteiger partial charge in [0.2, 0.25) is 20.0 Å². The maximum absolute atomic E-state index is 12.5.